The van der Waals surface area contributed by atoms with Gasteiger partial charge >= 0.3 is 0 Å². The van der Waals surface area contributed by atoms with E-state index in [4.69, 9.17) is 4.42 Å². The molecule has 3 rings (SSSR count). The number of pyridine rings is 1. The molecule has 0 fully saturated rings. The van der Waals surface area contributed by atoms with Gasteiger partial charge in [-0.2, -0.15) is 0 Å². The molecule has 1 aromatic carbocycles. The van der Waals surface area contributed by atoms with Crippen molar-refractivity contribution in [2.24, 2.45) is 0 Å². The fourth-order valence-corrected chi connectivity index (χ4v) is 1.84. The second kappa shape index (κ2) is 5.52. The van der Waals surface area contributed by atoms with Crippen LogP contribution in [0.25, 0.3) is 11.5 Å². The van der Waals surface area contributed by atoms with Gasteiger partial charge in [0, 0.05) is 29.7 Å². The van der Waals surface area contributed by atoms with Crippen molar-refractivity contribution in [1.82, 2.24) is 15.2 Å². The Kier molecular flexibility index (Phi) is 3.41. The molecule has 0 atom stereocenters. The van der Waals surface area contributed by atoms with Gasteiger partial charge in [-0.1, -0.05) is 6.07 Å². The Morgan fingerprint density at radius 1 is 1.10 bits per heavy atom. The lowest BCUT2D eigenvalue weighted by Crippen LogP contribution is -1.99. The second-order valence-electron chi connectivity index (χ2n) is 4.48. The highest BCUT2D eigenvalue weighted by atomic mass is 16.4. The van der Waals surface area contributed by atoms with Crippen LogP contribution in [-0.4, -0.2) is 15.2 Å². The van der Waals surface area contributed by atoms with Crippen LogP contribution in [0.4, 0.5) is 5.69 Å². The first-order valence-electron chi connectivity index (χ1n) is 6.33. The Morgan fingerprint density at radius 2 is 1.95 bits per heavy atom. The summed E-state index contributed by atoms with van der Waals surface area (Å²) in [5, 5.41) is 10.9. The first-order chi connectivity index (χ1) is 9.81. The van der Waals surface area contributed by atoms with E-state index in [0.29, 0.717) is 5.89 Å². The van der Waals surface area contributed by atoms with Crippen LogP contribution in [0.5, 0.6) is 0 Å². The van der Waals surface area contributed by atoms with E-state index in [2.05, 4.69) is 26.6 Å². The molecule has 3 aromatic rings. The van der Waals surface area contributed by atoms with Crippen LogP contribution in [0.2, 0.25) is 0 Å². The molecule has 1 N–H and O–H groups in total. The lowest BCUT2D eigenvalue weighted by molar-refractivity contribution is 0.568. The van der Waals surface area contributed by atoms with Crippen molar-refractivity contribution in [3.63, 3.8) is 0 Å². The predicted octanol–water partition coefficient (Wildman–Crippen LogP) is 3.05. The van der Waals surface area contributed by atoms with Gasteiger partial charge in [-0.05, 0) is 42.8 Å². The molecule has 2 heterocycles. The van der Waals surface area contributed by atoms with Gasteiger partial charge in [0.05, 0.1) is 0 Å². The highest BCUT2D eigenvalue weighted by Gasteiger charge is 2.02. The van der Waals surface area contributed by atoms with Crippen LogP contribution in [0, 0.1) is 6.92 Å². The van der Waals surface area contributed by atoms with Gasteiger partial charge in [0.15, 0.2) is 0 Å². The SMILES string of the molecule is Cc1ccc(CNc2ccc(-c3nnco3)cc2)cn1. The van der Waals surface area contributed by atoms with Crippen LogP contribution in [0.15, 0.2) is 53.4 Å². The molecule has 0 aliphatic rings. The van der Waals surface area contributed by atoms with Gasteiger partial charge in [0.2, 0.25) is 12.3 Å². The number of hydrogen-bond acceptors (Lipinski definition) is 5. The quantitative estimate of drug-likeness (QED) is 0.786. The summed E-state index contributed by atoms with van der Waals surface area (Å²) in [6.45, 7) is 2.72. The first kappa shape index (κ1) is 12.3. The van der Waals surface area contributed by atoms with E-state index in [1.807, 2.05) is 43.5 Å². The Hall–Kier alpha value is -2.69. The van der Waals surface area contributed by atoms with Crippen LogP contribution in [0.3, 0.4) is 0 Å². The number of nitrogens with zero attached hydrogens (tertiary/aromatic N) is 3. The summed E-state index contributed by atoms with van der Waals surface area (Å²) in [5.74, 6) is 0.527. The van der Waals surface area contributed by atoms with Crippen molar-refractivity contribution in [2.75, 3.05) is 5.32 Å². The van der Waals surface area contributed by atoms with Gasteiger partial charge in [-0.3, -0.25) is 4.98 Å². The third-order valence-corrected chi connectivity index (χ3v) is 2.96. The van der Waals surface area contributed by atoms with E-state index >= 15 is 0 Å². The van der Waals surface area contributed by atoms with E-state index in [1.165, 1.54) is 6.39 Å². The maximum atomic E-state index is 5.15. The third-order valence-electron chi connectivity index (χ3n) is 2.96. The van der Waals surface area contributed by atoms with Gasteiger partial charge in [-0.25, -0.2) is 0 Å². The minimum atomic E-state index is 0.527. The molecule has 0 spiro atoms. The molecule has 0 saturated heterocycles. The summed E-state index contributed by atoms with van der Waals surface area (Å²) in [6.07, 6.45) is 3.21. The number of rotatable bonds is 4. The van der Waals surface area contributed by atoms with E-state index < -0.39 is 0 Å². The highest BCUT2D eigenvalue weighted by molar-refractivity contribution is 5.58. The topological polar surface area (TPSA) is 63.8 Å². The maximum Gasteiger partial charge on any atom is 0.247 e. The zero-order valence-electron chi connectivity index (χ0n) is 11.1. The lowest BCUT2D eigenvalue weighted by Gasteiger charge is -2.06. The number of benzene rings is 1. The standard InChI is InChI=1S/C15H14N4O/c1-11-2-3-12(8-16-11)9-17-14-6-4-13(5-7-14)15-19-18-10-20-15/h2-8,10,17H,9H2,1H3. The zero-order chi connectivity index (χ0) is 13.8. The molecule has 100 valence electrons. The lowest BCUT2D eigenvalue weighted by atomic mass is 10.2. The molecule has 2 aromatic heterocycles. The number of aromatic nitrogens is 3. The molecule has 0 bridgehead atoms. The van der Waals surface area contributed by atoms with Crippen molar-refractivity contribution < 1.29 is 4.42 Å². The number of nitrogens with one attached hydrogen (secondary N) is 1. The average Bonchev–Trinajstić information content (AvgIpc) is 3.01. The second-order valence-corrected chi connectivity index (χ2v) is 4.48. The summed E-state index contributed by atoms with van der Waals surface area (Å²) >= 11 is 0. The van der Waals surface area contributed by atoms with E-state index in [0.717, 1.165) is 29.1 Å². The van der Waals surface area contributed by atoms with Crippen LogP contribution >= 0.6 is 0 Å². The van der Waals surface area contributed by atoms with Gasteiger partial charge in [0.1, 0.15) is 0 Å². The molecule has 0 unspecified atom stereocenters. The molecule has 0 radical (unpaired) electrons. The average molecular weight is 266 g/mol. The van der Waals surface area contributed by atoms with E-state index in [9.17, 15) is 0 Å². The largest absolute Gasteiger partial charge is 0.423 e. The van der Waals surface area contributed by atoms with E-state index in [1.54, 1.807) is 0 Å². The van der Waals surface area contributed by atoms with Gasteiger partial charge in [-0.15, -0.1) is 10.2 Å². The Labute approximate surface area is 116 Å². The summed E-state index contributed by atoms with van der Waals surface area (Å²) in [7, 11) is 0. The fraction of sp³-hybridized carbons (Fsp3) is 0.133. The van der Waals surface area contributed by atoms with Crippen molar-refractivity contribution in [2.45, 2.75) is 13.5 Å². The van der Waals surface area contributed by atoms with Crippen molar-refractivity contribution >= 4 is 5.69 Å². The molecule has 20 heavy (non-hydrogen) atoms. The number of hydrogen-bond donors (Lipinski definition) is 1. The number of aryl methyl sites for hydroxylation is 1. The van der Waals surface area contributed by atoms with Crippen molar-refractivity contribution in [3.05, 3.63) is 60.2 Å². The fourth-order valence-electron chi connectivity index (χ4n) is 1.84. The summed E-state index contributed by atoms with van der Waals surface area (Å²) in [4.78, 5) is 4.27. The summed E-state index contributed by atoms with van der Waals surface area (Å²) in [5.41, 5.74) is 4.12. The summed E-state index contributed by atoms with van der Waals surface area (Å²) < 4.78 is 5.15. The molecule has 0 aliphatic carbocycles. The Morgan fingerprint density at radius 3 is 2.60 bits per heavy atom. The summed E-state index contributed by atoms with van der Waals surface area (Å²) in [6, 6.07) is 12.0. The molecular formula is C15H14N4O. The highest BCUT2D eigenvalue weighted by Crippen LogP contribution is 2.19. The Balaban J connectivity index is 1.65. The van der Waals surface area contributed by atoms with Gasteiger partial charge in [0.25, 0.3) is 0 Å². The molecule has 5 nitrogen and oxygen atoms in total. The molecule has 0 saturated carbocycles. The Bertz CT molecular complexity index is 660. The molecular weight excluding hydrogens is 252 g/mol. The maximum absolute atomic E-state index is 5.15. The molecule has 0 aliphatic heterocycles. The minimum Gasteiger partial charge on any atom is -0.423 e. The molecule has 0 amide bonds. The third kappa shape index (κ3) is 2.83. The van der Waals surface area contributed by atoms with E-state index in [-0.39, 0.29) is 0 Å². The van der Waals surface area contributed by atoms with Crippen LogP contribution < -0.4 is 5.32 Å². The predicted molar refractivity (Wildman–Crippen MR) is 76.0 cm³/mol. The minimum absolute atomic E-state index is 0.527. The van der Waals surface area contributed by atoms with Crippen molar-refractivity contribution in [1.29, 1.82) is 0 Å². The monoisotopic (exact) mass is 266 g/mol. The first-order valence-corrected chi connectivity index (χ1v) is 6.33. The smallest absolute Gasteiger partial charge is 0.247 e. The zero-order valence-corrected chi connectivity index (χ0v) is 11.1. The normalized spacial score (nSPS) is 10.4. The van der Waals surface area contributed by atoms with Crippen LogP contribution in [-0.2, 0) is 6.54 Å². The van der Waals surface area contributed by atoms with Crippen molar-refractivity contribution in [3.8, 4) is 11.5 Å². The number of anilines is 1. The van der Waals surface area contributed by atoms with Crippen LogP contribution in [0.1, 0.15) is 11.3 Å². The molecule has 5 heteroatoms. The van der Waals surface area contributed by atoms with Gasteiger partial charge < -0.3 is 9.73 Å².